The number of hydrogen-bond donors (Lipinski definition) is 1. The van der Waals surface area contributed by atoms with E-state index in [1.165, 1.54) is 6.33 Å². The van der Waals surface area contributed by atoms with Crippen molar-refractivity contribution in [2.75, 3.05) is 0 Å². The van der Waals surface area contributed by atoms with E-state index < -0.39 is 0 Å². The summed E-state index contributed by atoms with van der Waals surface area (Å²) in [6.07, 6.45) is 5.03. The number of aryl methyl sites for hydroxylation is 1. The van der Waals surface area contributed by atoms with E-state index >= 15 is 0 Å². The minimum absolute atomic E-state index is 0.0836. The molecule has 0 radical (unpaired) electrons. The minimum Gasteiger partial charge on any atom is -0.306 e. The van der Waals surface area contributed by atoms with Crippen LogP contribution in [0.15, 0.2) is 36.9 Å². The number of benzene rings is 1. The maximum atomic E-state index is 13.5. The van der Waals surface area contributed by atoms with Gasteiger partial charge in [0, 0.05) is 30.5 Å². The smallest absolute Gasteiger partial charge is 0.126 e. The second-order valence-corrected chi connectivity index (χ2v) is 4.36. The predicted molar refractivity (Wildman–Crippen MR) is 68.4 cm³/mol. The van der Waals surface area contributed by atoms with Crippen molar-refractivity contribution in [3.63, 3.8) is 0 Å². The Kier molecular flexibility index (Phi) is 3.99. The van der Waals surface area contributed by atoms with Gasteiger partial charge in [0.15, 0.2) is 0 Å². The molecule has 0 saturated carbocycles. The summed E-state index contributed by atoms with van der Waals surface area (Å²) < 4.78 is 13.5. The molecule has 94 valence electrons. The molecule has 0 fully saturated rings. The molecule has 4 heteroatoms. The van der Waals surface area contributed by atoms with Gasteiger partial charge in [0.2, 0.25) is 0 Å². The molecular formula is C14H16FN3. The summed E-state index contributed by atoms with van der Waals surface area (Å²) in [7, 11) is 0. The summed E-state index contributed by atoms with van der Waals surface area (Å²) in [5, 5.41) is 3.32. The Morgan fingerprint density at radius 2 is 2.00 bits per heavy atom. The van der Waals surface area contributed by atoms with Gasteiger partial charge in [0.25, 0.3) is 0 Å². The number of hydrogen-bond acceptors (Lipinski definition) is 3. The van der Waals surface area contributed by atoms with Gasteiger partial charge in [-0.2, -0.15) is 0 Å². The fraction of sp³-hybridized carbons (Fsp3) is 0.286. The fourth-order valence-electron chi connectivity index (χ4n) is 1.69. The van der Waals surface area contributed by atoms with Crippen LogP contribution in [0.4, 0.5) is 4.39 Å². The molecule has 1 heterocycles. The zero-order chi connectivity index (χ0) is 13.0. The van der Waals surface area contributed by atoms with Crippen molar-refractivity contribution in [3.8, 4) is 0 Å². The largest absolute Gasteiger partial charge is 0.306 e. The lowest BCUT2D eigenvalue weighted by atomic mass is 10.1. The maximum Gasteiger partial charge on any atom is 0.126 e. The average molecular weight is 245 g/mol. The maximum absolute atomic E-state index is 13.5. The van der Waals surface area contributed by atoms with Gasteiger partial charge < -0.3 is 5.32 Å². The van der Waals surface area contributed by atoms with Crippen LogP contribution in [0.25, 0.3) is 0 Å². The third-order valence-electron chi connectivity index (χ3n) is 2.92. The van der Waals surface area contributed by atoms with E-state index in [2.05, 4.69) is 15.3 Å². The van der Waals surface area contributed by atoms with Gasteiger partial charge >= 0.3 is 0 Å². The molecule has 1 unspecified atom stereocenters. The van der Waals surface area contributed by atoms with Crippen molar-refractivity contribution < 1.29 is 4.39 Å². The summed E-state index contributed by atoms with van der Waals surface area (Å²) in [5.41, 5.74) is 2.62. The van der Waals surface area contributed by atoms with Gasteiger partial charge in [-0.15, -0.1) is 0 Å². The number of rotatable bonds is 4. The van der Waals surface area contributed by atoms with E-state index in [0.29, 0.717) is 12.1 Å². The molecule has 0 bridgehead atoms. The normalized spacial score (nSPS) is 12.4. The molecule has 1 atom stereocenters. The molecule has 0 spiro atoms. The van der Waals surface area contributed by atoms with Crippen LogP contribution in [0.1, 0.15) is 29.7 Å². The zero-order valence-corrected chi connectivity index (χ0v) is 10.5. The summed E-state index contributed by atoms with van der Waals surface area (Å²) >= 11 is 0. The van der Waals surface area contributed by atoms with E-state index in [9.17, 15) is 4.39 Å². The number of nitrogens with one attached hydrogen (secondary N) is 1. The van der Waals surface area contributed by atoms with Gasteiger partial charge in [-0.3, -0.25) is 0 Å². The Balaban J connectivity index is 1.99. The van der Waals surface area contributed by atoms with Crippen LogP contribution in [-0.2, 0) is 6.54 Å². The molecule has 0 aliphatic carbocycles. The molecule has 2 aromatic rings. The first-order chi connectivity index (χ1) is 8.66. The van der Waals surface area contributed by atoms with Gasteiger partial charge in [-0.1, -0.05) is 12.1 Å². The second kappa shape index (κ2) is 5.69. The third kappa shape index (κ3) is 3.11. The molecular weight excluding hydrogens is 229 g/mol. The predicted octanol–water partition coefficient (Wildman–Crippen LogP) is 2.77. The Morgan fingerprint density at radius 3 is 2.67 bits per heavy atom. The fourth-order valence-corrected chi connectivity index (χ4v) is 1.69. The number of nitrogens with zero attached hydrogens (tertiary/aromatic N) is 2. The van der Waals surface area contributed by atoms with Crippen LogP contribution in [0.3, 0.4) is 0 Å². The second-order valence-electron chi connectivity index (χ2n) is 4.36. The van der Waals surface area contributed by atoms with E-state index in [1.54, 1.807) is 31.5 Å². The number of halogens is 1. The highest BCUT2D eigenvalue weighted by atomic mass is 19.1. The number of aromatic nitrogens is 2. The lowest BCUT2D eigenvalue weighted by Crippen LogP contribution is -2.18. The molecule has 0 saturated heterocycles. The Hall–Kier alpha value is -1.81. The minimum atomic E-state index is -0.163. The molecule has 1 aromatic heterocycles. The van der Waals surface area contributed by atoms with Crippen molar-refractivity contribution in [2.45, 2.75) is 26.4 Å². The van der Waals surface area contributed by atoms with Gasteiger partial charge in [0.1, 0.15) is 12.1 Å². The molecule has 1 aromatic carbocycles. The van der Waals surface area contributed by atoms with Crippen LogP contribution in [0.5, 0.6) is 0 Å². The van der Waals surface area contributed by atoms with E-state index in [1.807, 2.05) is 13.0 Å². The van der Waals surface area contributed by atoms with Gasteiger partial charge in [0.05, 0.1) is 0 Å². The summed E-state index contributed by atoms with van der Waals surface area (Å²) in [6.45, 7) is 4.43. The first kappa shape index (κ1) is 12.6. The van der Waals surface area contributed by atoms with Crippen LogP contribution in [0, 0.1) is 12.7 Å². The highest BCUT2D eigenvalue weighted by Crippen LogP contribution is 2.16. The Bertz CT molecular complexity index is 514. The van der Waals surface area contributed by atoms with Crippen molar-refractivity contribution in [1.29, 1.82) is 0 Å². The summed E-state index contributed by atoms with van der Waals surface area (Å²) in [4.78, 5) is 7.90. The van der Waals surface area contributed by atoms with Crippen LogP contribution in [-0.4, -0.2) is 9.97 Å². The van der Waals surface area contributed by atoms with Gasteiger partial charge in [-0.05, 0) is 31.0 Å². The molecule has 0 aliphatic rings. The monoisotopic (exact) mass is 245 g/mol. The molecule has 3 nitrogen and oxygen atoms in total. The lowest BCUT2D eigenvalue weighted by molar-refractivity contribution is 0.561. The Morgan fingerprint density at radius 1 is 1.28 bits per heavy atom. The molecule has 1 N–H and O–H groups in total. The van der Waals surface area contributed by atoms with E-state index in [0.717, 1.165) is 11.1 Å². The third-order valence-corrected chi connectivity index (χ3v) is 2.92. The van der Waals surface area contributed by atoms with E-state index in [-0.39, 0.29) is 11.9 Å². The van der Waals surface area contributed by atoms with Gasteiger partial charge in [-0.25, -0.2) is 14.4 Å². The topological polar surface area (TPSA) is 37.8 Å². The summed E-state index contributed by atoms with van der Waals surface area (Å²) in [6, 6.07) is 5.40. The van der Waals surface area contributed by atoms with Crippen LogP contribution >= 0.6 is 0 Å². The molecule has 0 amide bonds. The van der Waals surface area contributed by atoms with Crippen molar-refractivity contribution in [3.05, 3.63) is 59.4 Å². The zero-order valence-electron chi connectivity index (χ0n) is 10.5. The lowest BCUT2D eigenvalue weighted by Gasteiger charge is -2.14. The molecule has 2 rings (SSSR count). The van der Waals surface area contributed by atoms with Crippen molar-refractivity contribution >= 4 is 0 Å². The van der Waals surface area contributed by atoms with Crippen LogP contribution in [0.2, 0.25) is 0 Å². The standard InChI is InChI=1S/C14H16FN3/c1-10-3-4-13(5-14(10)15)11(2)18-8-12-6-16-9-17-7-12/h3-7,9,11,18H,8H2,1-2H3. The average Bonchev–Trinajstić information content (AvgIpc) is 2.40. The van der Waals surface area contributed by atoms with Crippen molar-refractivity contribution in [2.24, 2.45) is 0 Å². The van der Waals surface area contributed by atoms with E-state index in [4.69, 9.17) is 0 Å². The Labute approximate surface area is 106 Å². The SMILES string of the molecule is Cc1ccc(C(C)NCc2cncnc2)cc1F. The summed E-state index contributed by atoms with van der Waals surface area (Å²) in [5.74, 6) is -0.163. The quantitative estimate of drug-likeness (QED) is 0.900. The highest BCUT2D eigenvalue weighted by molar-refractivity contribution is 5.25. The van der Waals surface area contributed by atoms with Crippen molar-refractivity contribution in [1.82, 2.24) is 15.3 Å². The molecule has 0 aliphatic heterocycles. The first-order valence-electron chi connectivity index (χ1n) is 5.90. The first-order valence-corrected chi connectivity index (χ1v) is 5.90. The molecule has 18 heavy (non-hydrogen) atoms. The van der Waals surface area contributed by atoms with Crippen LogP contribution < -0.4 is 5.32 Å². The highest BCUT2D eigenvalue weighted by Gasteiger charge is 2.07.